The van der Waals surface area contributed by atoms with Crippen LogP contribution in [0.3, 0.4) is 0 Å². The average Bonchev–Trinajstić information content (AvgIpc) is 2.97. The second-order valence-corrected chi connectivity index (χ2v) is 5.98. The second-order valence-electron chi connectivity index (χ2n) is 5.98. The van der Waals surface area contributed by atoms with E-state index in [-0.39, 0.29) is 5.91 Å². The van der Waals surface area contributed by atoms with Gasteiger partial charge in [-0.05, 0) is 42.8 Å². The van der Waals surface area contributed by atoms with Crippen molar-refractivity contribution < 1.29 is 9.53 Å². The number of carbonyl (C=O) groups excluding carboxylic acids is 1. The maximum Gasteiger partial charge on any atom is 0.251 e. The predicted octanol–water partition coefficient (Wildman–Crippen LogP) is 3.68. The van der Waals surface area contributed by atoms with E-state index in [1.807, 2.05) is 48.0 Å². The zero-order valence-corrected chi connectivity index (χ0v) is 14.7. The van der Waals surface area contributed by atoms with Gasteiger partial charge < -0.3 is 14.6 Å². The van der Waals surface area contributed by atoms with Crippen molar-refractivity contribution in [3.63, 3.8) is 0 Å². The summed E-state index contributed by atoms with van der Waals surface area (Å²) >= 11 is 0. The van der Waals surface area contributed by atoms with Crippen molar-refractivity contribution in [1.82, 2.24) is 14.9 Å². The number of aryl methyl sites for hydroxylation is 1. The summed E-state index contributed by atoms with van der Waals surface area (Å²) in [5, 5.41) is 2.93. The summed E-state index contributed by atoms with van der Waals surface area (Å²) in [5.74, 6) is 1.50. The molecule has 0 saturated heterocycles. The first kappa shape index (κ1) is 17.0. The summed E-state index contributed by atoms with van der Waals surface area (Å²) < 4.78 is 7.62. The molecule has 2 aromatic carbocycles. The molecule has 5 heteroatoms. The monoisotopic (exact) mass is 337 g/mol. The molecule has 0 radical (unpaired) electrons. The van der Waals surface area contributed by atoms with Crippen LogP contribution in [0.2, 0.25) is 0 Å². The van der Waals surface area contributed by atoms with Crippen LogP contribution in [0.15, 0.2) is 48.5 Å². The third-order valence-electron chi connectivity index (χ3n) is 4.17. The minimum absolute atomic E-state index is 0.118. The van der Waals surface area contributed by atoms with Crippen molar-refractivity contribution in [2.75, 3.05) is 6.61 Å². The maximum atomic E-state index is 12.3. The summed E-state index contributed by atoms with van der Waals surface area (Å²) in [4.78, 5) is 16.9. The minimum Gasteiger partial charge on any atom is -0.494 e. The fourth-order valence-electron chi connectivity index (χ4n) is 2.65. The number of imidazole rings is 1. The number of aromatic nitrogens is 2. The molecular formula is C20H23N3O2. The Hall–Kier alpha value is -2.82. The van der Waals surface area contributed by atoms with E-state index in [0.717, 1.165) is 35.4 Å². The molecule has 0 aliphatic carbocycles. The molecule has 3 rings (SSSR count). The molecule has 1 amide bonds. The smallest absolute Gasteiger partial charge is 0.251 e. The summed E-state index contributed by atoms with van der Waals surface area (Å²) in [6, 6.07) is 15.2. The van der Waals surface area contributed by atoms with Crippen LogP contribution < -0.4 is 10.1 Å². The SMILES string of the molecule is CCCCOc1ccc(C(=O)NCc2nc3ccccc3n2C)cc1. The zero-order valence-electron chi connectivity index (χ0n) is 14.7. The van der Waals surface area contributed by atoms with E-state index in [9.17, 15) is 4.79 Å². The van der Waals surface area contributed by atoms with Crippen LogP contribution in [0, 0.1) is 0 Å². The first-order chi connectivity index (χ1) is 12.2. The van der Waals surface area contributed by atoms with Gasteiger partial charge in [-0.15, -0.1) is 0 Å². The Labute approximate surface area is 147 Å². The van der Waals surface area contributed by atoms with Gasteiger partial charge in [0.05, 0.1) is 24.2 Å². The molecule has 0 bridgehead atoms. The summed E-state index contributed by atoms with van der Waals surface area (Å²) in [6.07, 6.45) is 2.13. The van der Waals surface area contributed by atoms with Gasteiger partial charge in [-0.2, -0.15) is 0 Å². The van der Waals surface area contributed by atoms with Gasteiger partial charge in [0.25, 0.3) is 5.91 Å². The van der Waals surface area contributed by atoms with Crippen LogP contribution in [0.1, 0.15) is 35.9 Å². The van der Waals surface area contributed by atoms with Crippen molar-refractivity contribution in [2.45, 2.75) is 26.3 Å². The molecule has 1 heterocycles. The van der Waals surface area contributed by atoms with Gasteiger partial charge in [0, 0.05) is 12.6 Å². The molecule has 130 valence electrons. The fraction of sp³-hybridized carbons (Fsp3) is 0.300. The van der Waals surface area contributed by atoms with Gasteiger partial charge in [-0.3, -0.25) is 4.79 Å². The second kappa shape index (κ2) is 7.83. The number of amides is 1. The summed E-state index contributed by atoms with van der Waals surface area (Å²) in [6.45, 7) is 3.22. The number of hydrogen-bond donors (Lipinski definition) is 1. The van der Waals surface area contributed by atoms with Crippen LogP contribution >= 0.6 is 0 Å². The third kappa shape index (κ3) is 3.99. The highest BCUT2D eigenvalue weighted by atomic mass is 16.5. The molecule has 1 aromatic heterocycles. The summed E-state index contributed by atoms with van der Waals surface area (Å²) in [7, 11) is 1.96. The number of ether oxygens (including phenoxy) is 1. The van der Waals surface area contributed by atoms with Crippen molar-refractivity contribution in [3.05, 3.63) is 59.9 Å². The predicted molar refractivity (Wildman–Crippen MR) is 98.7 cm³/mol. The van der Waals surface area contributed by atoms with Crippen LogP contribution in [-0.4, -0.2) is 22.1 Å². The topological polar surface area (TPSA) is 56.1 Å². The highest BCUT2D eigenvalue weighted by molar-refractivity contribution is 5.94. The number of fused-ring (bicyclic) bond motifs is 1. The number of nitrogens with zero attached hydrogens (tertiary/aromatic N) is 2. The Morgan fingerprint density at radius 1 is 1.16 bits per heavy atom. The largest absolute Gasteiger partial charge is 0.494 e. The quantitative estimate of drug-likeness (QED) is 0.669. The molecular weight excluding hydrogens is 314 g/mol. The third-order valence-corrected chi connectivity index (χ3v) is 4.17. The first-order valence-corrected chi connectivity index (χ1v) is 8.60. The van der Waals surface area contributed by atoms with Crippen LogP contribution in [0.5, 0.6) is 5.75 Å². The first-order valence-electron chi connectivity index (χ1n) is 8.60. The maximum absolute atomic E-state index is 12.3. The Morgan fingerprint density at radius 3 is 2.64 bits per heavy atom. The minimum atomic E-state index is -0.118. The van der Waals surface area contributed by atoms with E-state index in [1.54, 1.807) is 12.1 Å². The van der Waals surface area contributed by atoms with Gasteiger partial charge in [0.2, 0.25) is 0 Å². The van der Waals surface area contributed by atoms with Crippen LogP contribution in [0.25, 0.3) is 11.0 Å². The Morgan fingerprint density at radius 2 is 1.92 bits per heavy atom. The number of nitrogens with one attached hydrogen (secondary N) is 1. The number of benzene rings is 2. The van der Waals surface area contributed by atoms with Gasteiger partial charge >= 0.3 is 0 Å². The molecule has 0 saturated carbocycles. The van der Waals surface area contributed by atoms with Gasteiger partial charge in [0.1, 0.15) is 11.6 Å². The lowest BCUT2D eigenvalue weighted by molar-refractivity contribution is 0.0949. The molecule has 25 heavy (non-hydrogen) atoms. The molecule has 0 aliphatic heterocycles. The van der Waals surface area contributed by atoms with Gasteiger partial charge in [0.15, 0.2) is 0 Å². The fourth-order valence-corrected chi connectivity index (χ4v) is 2.65. The van der Waals surface area contributed by atoms with Crippen molar-refractivity contribution in [1.29, 1.82) is 0 Å². The lowest BCUT2D eigenvalue weighted by Gasteiger charge is -2.08. The normalized spacial score (nSPS) is 10.8. The molecule has 1 N–H and O–H groups in total. The van der Waals surface area contributed by atoms with Crippen molar-refractivity contribution in [2.24, 2.45) is 7.05 Å². The van der Waals surface area contributed by atoms with E-state index < -0.39 is 0 Å². The van der Waals surface area contributed by atoms with E-state index in [2.05, 4.69) is 17.2 Å². The van der Waals surface area contributed by atoms with Crippen molar-refractivity contribution >= 4 is 16.9 Å². The van der Waals surface area contributed by atoms with Crippen molar-refractivity contribution in [3.8, 4) is 5.75 Å². The highest BCUT2D eigenvalue weighted by Gasteiger charge is 2.10. The molecule has 0 fully saturated rings. The lowest BCUT2D eigenvalue weighted by atomic mass is 10.2. The molecule has 0 aliphatic rings. The molecule has 0 unspecified atom stereocenters. The molecule has 0 atom stereocenters. The Balaban J connectivity index is 1.61. The van der Waals surface area contributed by atoms with E-state index in [0.29, 0.717) is 18.7 Å². The zero-order chi connectivity index (χ0) is 17.6. The number of carbonyl (C=O) groups is 1. The number of rotatable bonds is 7. The number of para-hydroxylation sites is 2. The molecule has 3 aromatic rings. The Bertz CT molecular complexity index is 853. The van der Waals surface area contributed by atoms with E-state index in [1.165, 1.54) is 0 Å². The van der Waals surface area contributed by atoms with E-state index >= 15 is 0 Å². The van der Waals surface area contributed by atoms with Gasteiger partial charge in [-0.1, -0.05) is 25.5 Å². The van der Waals surface area contributed by atoms with Crippen LogP contribution in [-0.2, 0) is 13.6 Å². The number of unbranched alkanes of at least 4 members (excludes halogenated alkanes) is 1. The standard InChI is InChI=1S/C20H23N3O2/c1-3-4-13-25-16-11-9-15(10-12-16)20(24)21-14-19-22-17-7-5-6-8-18(17)23(19)2/h5-12H,3-4,13-14H2,1-2H3,(H,21,24). The highest BCUT2D eigenvalue weighted by Crippen LogP contribution is 2.15. The molecule has 5 nitrogen and oxygen atoms in total. The Kier molecular flexibility index (Phi) is 5.33. The molecule has 0 spiro atoms. The summed E-state index contributed by atoms with van der Waals surface area (Å²) in [5.41, 5.74) is 2.60. The van der Waals surface area contributed by atoms with Crippen LogP contribution in [0.4, 0.5) is 0 Å². The van der Waals surface area contributed by atoms with E-state index in [4.69, 9.17) is 4.74 Å². The number of hydrogen-bond acceptors (Lipinski definition) is 3. The average molecular weight is 337 g/mol. The lowest BCUT2D eigenvalue weighted by Crippen LogP contribution is -2.24. The van der Waals surface area contributed by atoms with Gasteiger partial charge in [-0.25, -0.2) is 4.98 Å².